The normalized spacial score (nSPS) is 11.4. The third-order valence-corrected chi connectivity index (χ3v) is 2.70. The predicted molar refractivity (Wildman–Crippen MR) is 64.8 cm³/mol. The van der Waals surface area contributed by atoms with Crippen molar-refractivity contribution in [3.05, 3.63) is 59.3 Å². The molecule has 0 saturated heterocycles. The van der Waals surface area contributed by atoms with Crippen LogP contribution in [0.15, 0.2) is 42.6 Å². The molecule has 2 aromatic rings. The maximum atomic E-state index is 12.7. The van der Waals surface area contributed by atoms with Crippen LogP contribution >= 0.6 is 0 Å². The van der Waals surface area contributed by atoms with Gasteiger partial charge in [0.25, 0.3) is 0 Å². The summed E-state index contributed by atoms with van der Waals surface area (Å²) in [5.74, 6) is -0.391. The van der Waals surface area contributed by atoms with Gasteiger partial charge in [0.1, 0.15) is 12.2 Å². The molecule has 5 heteroatoms. The van der Waals surface area contributed by atoms with Gasteiger partial charge in [-0.05, 0) is 30.2 Å². The van der Waals surface area contributed by atoms with Gasteiger partial charge in [-0.25, -0.2) is 4.98 Å². The SMILES string of the molecule is Cc1ccccc1COc1ncccc1C(F)(F)F. The first-order valence-corrected chi connectivity index (χ1v) is 5.68. The largest absolute Gasteiger partial charge is 0.472 e. The van der Waals surface area contributed by atoms with Gasteiger partial charge in [0.2, 0.25) is 5.88 Å². The van der Waals surface area contributed by atoms with Gasteiger partial charge in [0.15, 0.2) is 0 Å². The van der Waals surface area contributed by atoms with E-state index in [-0.39, 0.29) is 6.61 Å². The summed E-state index contributed by atoms with van der Waals surface area (Å²) in [6.07, 6.45) is -3.18. The quantitative estimate of drug-likeness (QED) is 0.839. The number of halogens is 3. The zero-order chi connectivity index (χ0) is 13.9. The highest BCUT2D eigenvalue weighted by molar-refractivity contribution is 5.30. The lowest BCUT2D eigenvalue weighted by atomic mass is 10.1. The van der Waals surface area contributed by atoms with Crippen LogP contribution in [-0.2, 0) is 12.8 Å². The van der Waals surface area contributed by atoms with E-state index in [1.165, 1.54) is 12.3 Å². The van der Waals surface area contributed by atoms with Crippen LogP contribution in [0.2, 0.25) is 0 Å². The molecule has 19 heavy (non-hydrogen) atoms. The van der Waals surface area contributed by atoms with Gasteiger partial charge in [-0.3, -0.25) is 0 Å². The molecule has 0 radical (unpaired) electrons. The monoisotopic (exact) mass is 267 g/mol. The standard InChI is InChI=1S/C14H12F3NO/c1-10-5-2-3-6-11(10)9-19-13-12(14(15,16)17)7-4-8-18-13/h2-8H,9H2,1H3. The zero-order valence-corrected chi connectivity index (χ0v) is 10.2. The summed E-state index contributed by atoms with van der Waals surface area (Å²) in [6, 6.07) is 9.56. The molecular formula is C14H12F3NO. The number of ether oxygens (including phenoxy) is 1. The minimum atomic E-state index is -4.46. The number of alkyl halides is 3. The van der Waals surface area contributed by atoms with Gasteiger partial charge in [0.05, 0.1) is 0 Å². The van der Waals surface area contributed by atoms with Crippen LogP contribution in [-0.4, -0.2) is 4.98 Å². The molecule has 0 aliphatic carbocycles. The van der Waals surface area contributed by atoms with Crippen LogP contribution < -0.4 is 4.74 Å². The Morgan fingerprint density at radius 1 is 1.11 bits per heavy atom. The first-order chi connectivity index (χ1) is 8.98. The Hall–Kier alpha value is -2.04. The van der Waals surface area contributed by atoms with Crippen molar-refractivity contribution in [3.63, 3.8) is 0 Å². The topological polar surface area (TPSA) is 22.1 Å². The fourth-order valence-corrected chi connectivity index (χ4v) is 1.64. The van der Waals surface area contributed by atoms with Gasteiger partial charge in [-0.15, -0.1) is 0 Å². The van der Waals surface area contributed by atoms with Crippen molar-refractivity contribution in [2.45, 2.75) is 19.7 Å². The molecule has 0 N–H and O–H groups in total. The number of aryl methyl sites for hydroxylation is 1. The lowest BCUT2D eigenvalue weighted by Gasteiger charge is -2.13. The summed E-state index contributed by atoms with van der Waals surface area (Å²) in [4.78, 5) is 3.65. The fourth-order valence-electron chi connectivity index (χ4n) is 1.64. The van der Waals surface area contributed by atoms with Gasteiger partial charge < -0.3 is 4.74 Å². The molecule has 2 rings (SSSR count). The van der Waals surface area contributed by atoms with Gasteiger partial charge in [-0.2, -0.15) is 13.2 Å². The fraction of sp³-hybridized carbons (Fsp3) is 0.214. The highest BCUT2D eigenvalue weighted by atomic mass is 19.4. The summed E-state index contributed by atoms with van der Waals surface area (Å²) < 4.78 is 43.4. The first-order valence-electron chi connectivity index (χ1n) is 5.68. The van der Waals surface area contributed by atoms with Gasteiger partial charge in [0, 0.05) is 6.20 Å². The number of rotatable bonds is 3. The number of nitrogens with zero attached hydrogens (tertiary/aromatic N) is 1. The van der Waals surface area contributed by atoms with E-state index < -0.39 is 17.6 Å². The van der Waals surface area contributed by atoms with E-state index in [2.05, 4.69) is 4.98 Å². The first kappa shape index (κ1) is 13.4. The summed E-state index contributed by atoms with van der Waals surface area (Å²) in [7, 11) is 0. The molecule has 1 aromatic carbocycles. The molecule has 0 unspecified atom stereocenters. The van der Waals surface area contributed by atoms with E-state index in [1.807, 2.05) is 31.2 Å². The van der Waals surface area contributed by atoms with Gasteiger partial charge in [-0.1, -0.05) is 24.3 Å². The van der Waals surface area contributed by atoms with Crippen molar-refractivity contribution < 1.29 is 17.9 Å². The maximum absolute atomic E-state index is 12.7. The van der Waals surface area contributed by atoms with Crippen LogP contribution in [0.25, 0.3) is 0 Å². The zero-order valence-electron chi connectivity index (χ0n) is 10.2. The van der Waals surface area contributed by atoms with Crippen molar-refractivity contribution in [3.8, 4) is 5.88 Å². The summed E-state index contributed by atoms with van der Waals surface area (Å²) in [6.45, 7) is 1.94. The van der Waals surface area contributed by atoms with Crippen LogP contribution in [0.3, 0.4) is 0 Å². The molecule has 1 heterocycles. The van der Waals surface area contributed by atoms with Crippen molar-refractivity contribution >= 4 is 0 Å². The highest BCUT2D eigenvalue weighted by Gasteiger charge is 2.35. The molecule has 0 amide bonds. The minimum Gasteiger partial charge on any atom is -0.472 e. The second-order valence-corrected chi connectivity index (χ2v) is 4.07. The number of hydrogen-bond donors (Lipinski definition) is 0. The van der Waals surface area contributed by atoms with Crippen molar-refractivity contribution in [1.82, 2.24) is 4.98 Å². The average molecular weight is 267 g/mol. The third-order valence-electron chi connectivity index (χ3n) is 2.70. The number of benzene rings is 1. The van der Waals surface area contributed by atoms with E-state index in [1.54, 1.807) is 0 Å². The van der Waals surface area contributed by atoms with E-state index in [4.69, 9.17) is 4.74 Å². The third kappa shape index (κ3) is 3.24. The van der Waals surface area contributed by atoms with Crippen molar-refractivity contribution in [2.75, 3.05) is 0 Å². The highest BCUT2D eigenvalue weighted by Crippen LogP contribution is 2.34. The molecule has 0 spiro atoms. The second kappa shape index (κ2) is 5.30. The molecule has 0 aliphatic rings. The summed E-state index contributed by atoms with van der Waals surface area (Å²) in [5, 5.41) is 0. The Bertz CT molecular complexity index is 567. The van der Waals surface area contributed by atoms with E-state index in [9.17, 15) is 13.2 Å². The Balaban J connectivity index is 2.19. The van der Waals surface area contributed by atoms with E-state index >= 15 is 0 Å². The Morgan fingerprint density at radius 2 is 1.84 bits per heavy atom. The maximum Gasteiger partial charge on any atom is 0.421 e. The number of hydrogen-bond acceptors (Lipinski definition) is 2. The second-order valence-electron chi connectivity index (χ2n) is 4.07. The molecule has 0 bridgehead atoms. The minimum absolute atomic E-state index is 0.0623. The van der Waals surface area contributed by atoms with E-state index in [0.29, 0.717) is 0 Å². The Morgan fingerprint density at radius 3 is 2.53 bits per heavy atom. The lowest BCUT2D eigenvalue weighted by Crippen LogP contribution is -2.10. The molecule has 1 aromatic heterocycles. The molecule has 0 atom stereocenters. The molecule has 0 fully saturated rings. The lowest BCUT2D eigenvalue weighted by molar-refractivity contribution is -0.139. The number of aromatic nitrogens is 1. The van der Waals surface area contributed by atoms with Crippen molar-refractivity contribution in [2.24, 2.45) is 0 Å². The Kier molecular flexibility index (Phi) is 3.74. The molecular weight excluding hydrogens is 255 g/mol. The van der Waals surface area contributed by atoms with Crippen LogP contribution in [0, 0.1) is 6.92 Å². The smallest absolute Gasteiger partial charge is 0.421 e. The summed E-state index contributed by atoms with van der Waals surface area (Å²) >= 11 is 0. The molecule has 100 valence electrons. The predicted octanol–water partition coefficient (Wildman–Crippen LogP) is 3.99. The van der Waals surface area contributed by atoms with Crippen LogP contribution in [0.5, 0.6) is 5.88 Å². The Labute approximate surface area is 108 Å². The molecule has 0 saturated carbocycles. The van der Waals surface area contributed by atoms with Crippen LogP contribution in [0.1, 0.15) is 16.7 Å². The van der Waals surface area contributed by atoms with Crippen LogP contribution in [0.4, 0.5) is 13.2 Å². The van der Waals surface area contributed by atoms with Gasteiger partial charge >= 0.3 is 6.18 Å². The number of pyridine rings is 1. The van der Waals surface area contributed by atoms with Crippen molar-refractivity contribution in [1.29, 1.82) is 0 Å². The van der Waals surface area contributed by atoms with E-state index in [0.717, 1.165) is 17.2 Å². The average Bonchev–Trinajstić information content (AvgIpc) is 2.37. The molecule has 0 aliphatic heterocycles. The molecule has 2 nitrogen and oxygen atoms in total. The summed E-state index contributed by atoms with van der Waals surface area (Å²) in [5.41, 5.74) is 0.942.